The largest absolute Gasteiger partial charge is 0.300 e. The molecule has 0 amide bonds. The van der Waals surface area contributed by atoms with Gasteiger partial charge in [-0.2, -0.15) is 0 Å². The first kappa shape index (κ1) is 40.1. The van der Waals surface area contributed by atoms with Gasteiger partial charge in [0, 0.05) is 31.3 Å². The smallest absolute Gasteiger partial charge is 0.0720 e. The highest BCUT2D eigenvalue weighted by atomic mass is 32.1. The highest BCUT2D eigenvalue weighted by molar-refractivity contribution is 7.26. The predicted octanol–water partition coefficient (Wildman–Crippen LogP) is 16.5. The van der Waals surface area contributed by atoms with Crippen molar-refractivity contribution in [1.82, 2.24) is 0 Å². The molecule has 3 heteroatoms. The Hall–Kier alpha value is -8.24. The summed E-state index contributed by atoms with van der Waals surface area (Å²) < 4.78 is 2.71. The molecule has 3 aliphatic carbocycles. The first-order valence-corrected chi connectivity index (χ1v) is 24.1. The zero-order chi connectivity index (χ0) is 45.6. The zero-order valence-corrected chi connectivity index (χ0v) is 38.3. The zero-order valence-electron chi connectivity index (χ0n) is 37.5. The van der Waals surface area contributed by atoms with Crippen LogP contribution in [0.25, 0.3) is 53.6 Å². The minimum absolute atomic E-state index is 0.405. The third-order valence-electron chi connectivity index (χ3n) is 14.8. The Balaban J connectivity index is 0.000000175. The monoisotopic (exact) mass is 884 g/mol. The quantitative estimate of drug-likeness (QED) is 0.171. The molecule has 0 unspecified atom stereocenters. The van der Waals surface area contributed by atoms with Gasteiger partial charge in [-0.15, -0.1) is 11.3 Å². The Labute approximate surface area is 400 Å². The molecule has 0 radical (unpaired) electrons. The van der Waals surface area contributed by atoms with E-state index in [2.05, 4.69) is 182 Å². The van der Waals surface area contributed by atoms with Crippen molar-refractivity contribution in [1.29, 1.82) is 5.41 Å². The molecular formula is C65H44N2S. The Morgan fingerprint density at radius 1 is 0.441 bits per heavy atom. The summed E-state index contributed by atoms with van der Waals surface area (Å²) in [7, 11) is 0. The van der Waals surface area contributed by atoms with E-state index < -0.39 is 10.8 Å². The first-order valence-electron chi connectivity index (χ1n) is 23.3. The maximum Gasteiger partial charge on any atom is 0.0720 e. The van der Waals surface area contributed by atoms with Gasteiger partial charge in [0.1, 0.15) is 0 Å². The van der Waals surface area contributed by atoms with E-state index in [1.165, 1.54) is 98.1 Å². The lowest BCUT2D eigenvalue weighted by atomic mass is 9.52. The average molecular weight is 885 g/mol. The van der Waals surface area contributed by atoms with Crippen LogP contribution in [0.2, 0.25) is 0 Å². The Morgan fingerprint density at radius 3 is 1.62 bits per heavy atom. The fourth-order valence-corrected chi connectivity index (χ4v) is 13.3. The van der Waals surface area contributed by atoms with Gasteiger partial charge in [0.15, 0.2) is 0 Å². The van der Waals surface area contributed by atoms with Crippen LogP contribution in [0, 0.1) is 12.3 Å². The van der Waals surface area contributed by atoms with Gasteiger partial charge in [0.2, 0.25) is 0 Å². The van der Waals surface area contributed by atoms with Gasteiger partial charge in [-0.05, 0) is 110 Å². The normalized spacial score (nSPS) is 13.7. The molecule has 14 rings (SSSR count). The van der Waals surface area contributed by atoms with Crippen molar-refractivity contribution in [3.05, 3.63) is 292 Å². The Bertz CT molecular complexity index is 3760. The van der Waals surface area contributed by atoms with Gasteiger partial charge in [-0.3, -0.25) is 10.4 Å². The third kappa shape index (κ3) is 5.51. The second kappa shape index (κ2) is 15.4. The number of aliphatic imine (C=N–C) groups is 1. The van der Waals surface area contributed by atoms with E-state index in [1.54, 1.807) is 0 Å². The summed E-state index contributed by atoms with van der Waals surface area (Å²) in [6.07, 6.45) is 0. The Morgan fingerprint density at radius 2 is 0.971 bits per heavy atom. The molecule has 11 aromatic rings. The van der Waals surface area contributed by atoms with Crippen LogP contribution in [-0.4, -0.2) is 12.4 Å². The van der Waals surface area contributed by atoms with Gasteiger partial charge in [-0.25, -0.2) is 0 Å². The standard InChI is InChI=1S/C45H28S.C20H16N2/c1-27-22-23-30-39(26-27)45(38-24-25-41-43(42(30)38)31-14-4-11-21-40(31)46-41)36-19-9-7-17-34(36)44(35-18-8-10-20-37(35)45)32-15-5-2-12-28(32)29-13-3-6-16-33(29)44;1-22-19-10-6-5-9-18(19)20(21)17-13-11-16(12-14-17)15-7-3-2-4-8-15/h2-26H,1H3;2-14,21H,1H2. The molecule has 1 N–H and O–H groups in total. The average Bonchev–Trinajstić information content (AvgIpc) is 4.03. The molecule has 10 aromatic carbocycles. The van der Waals surface area contributed by atoms with Crippen molar-refractivity contribution < 1.29 is 0 Å². The molecule has 0 aliphatic heterocycles. The maximum absolute atomic E-state index is 8.40. The van der Waals surface area contributed by atoms with Crippen molar-refractivity contribution in [3.63, 3.8) is 0 Å². The number of nitrogens with one attached hydrogen (secondary N) is 1. The number of hydrogen-bond donors (Lipinski definition) is 1. The van der Waals surface area contributed by atoms with Crippen molar-refractivity contribution in [3.8, 4) is 33.4 Å². The van der Waals surface area contributed by atoms with Crippen LogP contribution in [0.15, 0.2) is 236 Å². The molecule has 1 heterocycles. The molecule has 320 valence electrons. The van der Waals surface area contributed by atoms with Crippen molar-refractivity contribution in [2.24, 2.45) is 4.99 Å². The summed E-state index contributed by atoms with van der Waals surface area (Å²) >= 11 is 1.91. The van der Waals surface area contributed by atoms with E-state index in [0.717, 1.165) is 22.4 Å². The topological polar surface area (TPSA) is 36.2 Å². The molecule has 0 atom stereocenters. The summed E-state index contributed by atoms with van der Waals surface area (Å²) in [4.78, 5) is 3.99. The van der Waals surface area contributed by atoms with Crippen LogP contribution in [0.1, 0.15) is 61.2 Å². The molecule has 2 nitrogen and oxygen atoms in total. The summed E-state index contributed by atoms with van der Waals surface area (Å²) in [5.74, 6) is 0. The number of fused-ring (bicyclic) bond motifs is 20. The lowest BCUT2D eigenvalue weighted by molar-refractivity contribution is 0.633. The molecule has 68 heavy (non-hydrogen) atoms. The number of thiophene rings is 1. The number of rotatable bonds is 4. The van der Waals surface area contributed by atoms with Crippen LogP contribution < -0.4 is 0 Å². The number of benzene rings is 10. The minimum Gasteiger partial charge on any atom is -0.300 e. The van der Waals surface area contributed by atoms with Gasteiger partial charge in [0.05, 0.1) is 22.2 Å². The molecule has 0 saturated carbocycles. The maximum atomic E-state index is 8.40. The molecule has 0 bridgehead atoms. The van der Waals surface area contributed by atoms with E-state index in [0.29, 0.717) is 5.71 Å². The third-order valence-corrected chi connectivity index (χ3v) is 16.0. The molecule has 2 spiro atoms. The number of aryl methyl sites for hydroxylation is 1. The van der Waals surface area contributed by atoms with Crippen LogP contribution in [-0.2, 0) is 10.8 Å². The minimum atomic E-state index is -0.446. The van der Waals surface area contributed by atoms with Crippen molar-refractivity contribution in [2.75, 3.05) is 0 Å². The van der Waals surface area contributed by atoms with E-state index in [-0.39, 0.29) is 0 Å². The first-order chi connectivity index (χ1) is 33.5. The van der Waals surface area contributed by atoms with Crippen molar-refractivity contribution in [2.45, 2.75) is 17.8 Å². The predicted molar refractivity (Wildman–Crippen MR) is 286 cm³/mol. The summed E-state index contributed by atoms with van der Waals surface area (Å²) in [5.41, 5.74) is 22.2. The number of hydrogen-bond acceptors (Lipinski definition) is 3. The Kier molecular flexibility index (Phi) is 9.09. The highest BCUT2D eigenvalue weighted by Gasteiger charge is 2.59. The fraction of sp³-hybridized carbons (Fsp3) is 0.0462. The molecular weight excluding hydrogens is 841 g/mol. The van der Waals surface area contributed by atoms with Gasteiger partial charge in [-0.1, -0.05) is 218 Å². The van der Waals surface area contributed by atoms with Crippen LogP contribution in [0.5, 0.6) is 0 Å². The van der Waals surface area contributed by atoms with Crippen LogP contribution >= 0.6 is 11.3 Å². The van der Waals surface area contributed by atoms with Gasteiger partial charge < -0.3 is 0 Å². The molecule has 0 fully saturated rings. The SMILES string of the molecule is C=Nc1ccccc1C(=N)c1ccc(-c2ccccc2)cc1.Cc1ccc2c(c1)C1(c3ccccc3C3(c4ccccc4-c4ccccc43)c3ccccc31)c1ccc3sc4ccccc4c3c1-2. The summed E-state index contributed by atoms with van der Waals surface area (Å²) in [5, 5.41) is 11.2. The van der Waals surface area contributed by atoms with E-state index >= 15 is 0 Å². The summed E-state index contributed by atoms with van der Waals surface area (Å²) in [6, 6.07) is 83.9. The number of nitrogens with zero attached hydrogens (tertiary/aromatic N) is 1. The molecule has 0 saturated heterocycles. The fourth-order valence-electron chi connectivity index (χ4n) is 12.1. The van der Waals surface area contributed by atoms with Crippen LogP contribution in [0.4, 0.5) is 5.69 Å². The van der Waals surface area contributed by atoms with E-state index in [4.69, 9.17) is 5.41 Å². The van der Waals surface area contributed by atoms with Gasteiger partial charge in [0.25, 0.3) is 0 Å². The second-order valence-corrected chi connectivity index (χ2v) is 19.3. The number of para-hydroxylation sites is 1. The van der Waals surface area contributed by atoms with Crippen LogP contribution in [0.3, 0.4) is 0 Å². The summed E-state index contributed by atoms with van der Waals surface area (Å²) in [6.45, 7) is 5.82. The molecule has 3 aliphatic rings. The lowest BCUT2D eigenvalue weighted by Crippen LogP contribution is -2.43. The highest BCUT2D eigenvalue weighted by Crippen LogP contribution is 2.68. The van der Waals surface area contributed by atoms with Crippen molar-refractivity contribution >= 4 is 49.6 Å². The molecule has 1 aromatic heterocycles. The van der Waals surface area contributed by atoms with Gasteiger partial charge >= 0.3 is 0 Å². The van der Waals surface area contributed by atoms with E-state index in [9.17, 15) is 0 Å². The second-order valence-electron chi connectivity index (χ2n) is 18.2. The lowest BCUT2D eigenvalue weighted by Gasteiger charge is -2.48. The van der Waals surface area contributed by atoms with E-state index in [1.807, 2.05) is 78.1 Å².